The number of hydrogen-bond donors (Lipinski definition) is 1. The van der Waals surface area contributed by atoms with Crippen molar-refractivity contribution >= 4 is 16.8 Å². The number of methoxy groups -OCH3 is 1. The second-order valence-corrected chi connectivity index (χ2v) is 4.31. The number of nitrogens with zero attached hydrogens (tertiary/aromatic N) is 2. The van der Waals surface area contributed by atoms with Gasteiger partial charge in [0.25, 0.3) is 0 Å². The van der Waals surface area contributed by atoms with E-state index >= 15 is 0 Å². The molecule has 106 valence electrons. The number of nitro benzene ring substituents is 1. The summed E-state index contributed by atoms with van der Waals surface area (Å²) in [6.07, 6.45) is 0. The van der Waals surface area contributed by atoms with Crippen molar-refractivity contribution in [2.75, 3.05) is 7.11 Å². The van der Waals surface area contributed by atoms with Gasteiger partial charge in [-0.25, -0.2) is 4.98 Å². The average Bonchev–Trinajstić information content (AvgIpc) is 2.90. The van der Waals surface area contributed by atoms with Crippen LogP contribution in [0.5, 0.6) is 11.5 Å². The second-order valence-electron chi connectivity index (χ2n) is 4.31. The molecule has 1 heterocycles. The number of oxazole rings is 1. The third kappa shape index (κ3) is 2.25. The molecule has 3 aromatic rings. The maximum Gasteiger partial charge on any atom is 0.311 e. The van der Waals surface area contributed by atoms with E-state index in [-0.39, 0.29) is 5.89 Å². The van der Waals surface area contributed by atoms with Crippen molar-refractivity contribution in [1.29, 1.82) is 0 Å². The summed E-state index contributed by atoms with van der Waals surface area (Å²) in [5.74, 6) is 0.474. The molecule has 7 heteroatoms. The van der Waals surface area contributed by atoms with Gasteiger partial charge in [-0.3, -0.25) is 10.1 Å². The van der Waals surface area contributed by atoms with E-state index in [4.69, 9.17) is 9.15 Å². The molecule has 0 aliphatic rings. The van der Waals surface area contributed by atoms with Crippen LogP contribution in [0.3, 0.4) is 0 Å². The Morgan fingerprint density at radius 2 is 2.10 bits per heavy atom. The predicted molar refractivity (Wildman–Crippen MR) is 74.3 cm³/mol. The molecule has 0 unspecified atom stereocenters. The number of phenolic OH excluding ortho intramolecular Hbond substituents is 1. The predicted octanol–water partition coefficient (Wildman–Crippen LogP) is 3.12. The van der Waals surface area contributed by atoms with E-state index in [9.17, 15) is 15.2 Å². The number of phenols is 1. The van der Waals surface area contributed by atoms with Crippen molar-refractivity contribution in [3.8, 4) is 23.0 Å². The van der Waals surface area contributed by atoms with Gasteiger partial charge < -0.3 is 14.3 Å². The summed E-state index contributed by atoms with van der Waals surface area (Å²) in [6.45, 7) is 0. The average molecular weight is 286 g/mol. The van der Waals surface area contributed by atoms with Crippen LogP contribution in [-0.4, -0.2) is 22.1 Å². The molecule has 2 aromatic carbocycles. The van der Waals surface area contributed by atoms with Gasteiger partial charge in [0.1, 0.15) is 11.3 Å². The van der Waals surface area contributed by atoms with Crippen molar-refractivity contribution in [3.05, 3.63) is 46.5 Å². The molecular weight excluding hydrogens is 276 g/mol. The van der Waals surface area contributed by atoms with Gasteiger partial charge in [0, 0.05) is 17.7 Å². The van der Waals surface area contributed by atoms with E-state index in [0.717, 1.165) is 0 Å². The Morgan fingerprint density at radius 3 is 2.81 bits per heavy atom. The summed E-state index contributed by atoms with van der Waals surface area (Å²) < 4.78 is 10.7. The molecule has 0 amide bonds. The van der Waals surface area contributed by atoms with E-state index in [2.05, 4.69) is 4.98 Å². The molecule has 0 fully saturated rings. The Bertz CT molecular complexity index is 840. The Labute approximate surface area is 118 Å². The summed E-state index contributed by atoms with van der Waals surface area (Å²) in [6, 6.07) is 9.11. The zero-order valence-electron chi connectivity index (χ0n) is 10.9. The molecule has 0 atom stereocenters. The lowest BCUT2D eigenvalue weighted by atomic mass is 10.2. The number of rotatable bonds is 3. The summed E-state index contributed by atoms with van der Waals surface area (Å²) in [7, 11) is 1.55. The monoisotopic (exact) mass is 286 g/mol. The van der Waals surface area contributed by atoms with Gasteiger partial charge in [-0.15, -0.1) is 0 Å². The zero-order chi connectivity index (χ0) is 15.0. The molecule has 0 aliphatic heterocycles. The molecule has 0 bridgehead atoms. The van der Waals surface area contributed by atoms with Crippen LogP contribution in [0, 0.1) is 10.1 Å². The number of nitro groups is 1. The molecule has 0 saturated carbocycles. The number of ether oxygens (including phenoxy) is 1. The van der Waals surface area contributed by atoms with E-state index < -0.39 is 16.4 Å². The van der Waals surface area contributed by atoms with Crippen molar-refractivity contribution in [2.45, 2.75) is 0 Å². The number of benzene rings is 2. The van der Waals surface area contributed by atoms with Crippen molar-refractivity contribution in [1.82, 2.24) is 4.98 Å². The third-order valence-corrected chi connectivity index (χ3v) is 3.01. The lowest BCUT2D eigenvalue weighted by molar-refractivity contribution is -0.385. The van der Waals surface area contributed by atoms with Crippen molar-refractivity contribution < 1.29 is 19.2 Å². The van der Waals surface area contributed by atoms with Crippen LogP contribution in [0.25, 0.3) is 22.6 Å². The summed E-state index contributed by atoms with van der Waals surface area (Å²) in [4.78, 5) is 14.4. The van der Waals surface area contributed by atoms with E-state index in [1.165, 1.54) is 18.2 Å². The first-order valence-electron chi connectivity index (χ1n) is 6.01. The zero-order valence-corrected chi connectivity index (χ0v) is 10.9. The van der Waals surface area contributed by atoms with Crippen molar-refractivity contribution in [2.24, 2.45) is 0 Å². The highest BCUT2D eigenvalue weighted by Crippen LogP contribution is 2.32. The normalized spacial score (nSPS) is 10.7. The maximum atomic E-state index is 10.8. The van der Waals surface area contributed by atoms with Gasteiger partial charge in [-0.2, -0.15) is 0 Å². The molecule has 0 radical (unpaired) electrons. The molecule has 1 N–H and O–H groups in total. The van der Waals surface area contributed by atoms with Crippen molar-refractivity contribution in [3.63, 3.8) is 0 Å². The van der Waals surface area contributed by atoms with E-state index in [0.29, 0.717) is 22.4 Å². The van der Waals surface area contributed by atoms with Crippen LogP contribution in [0.2, 0.25) is 0 Å². The first kappa shape index (κ1) is 12.9. The fourth-order valence-corrected chi connectivity index (χ4v) is 1.96. The molecule has 0 saturated heterocycles. The molecule has 7 nitrogen and oxygen atoms in total. The Balaban J connectivity index is 2.12. The van der Waals surface area contributed by atoms with E-state index in [1.807, 2.05) is 0 Å². The molecule has 0 spiro atoms. The Kier molecular flexibility index (Phi) is 2.94. The number of aromatic nitrogens is 1. The van der Waals surface area contributed by atoms with Crippen LogP contribution in [0.15, 0.2) is 40.8 Å². The topological polar surface area (TPSA) is 98.6 Å². The van der Waals surface area contributed by atoms with Gasteiger partial charge >= 0.3 is 5.69 Å². The van der Waals surface area contributed by atoms with Gasteiger partial charge in [-0.05, 0) is 24.3 Å². The quantitative estimate of drug-likeness (QED) is 0.586. The molecule has 0 aliphatic carbocycles. The minimum Gasteiger partial charge on any atom is -0.502 e. The van der Waals surface area contributed by atoms with Crippen LogP contribution >= 0.6 is 0 Å². The minimum atomic E-state index is -0.662. The summed E-state index contributed by atoms with van der Waals surface area (Å²) in [5, 5.41) is 20.3. The molecule has 1 aromatic heterocycles. The highest BCUT2D eigenvalue weighted by molar-refractivity contribution is 5.78. The second kappa shape index (κ2) is 4.78. The van der Waals surface area contributed by atoms with Crippen LogP contribution < -0.4 is 4.74 Å². The number of aromatic hydroxyl groups is 1. The maximum absolute atomic E-state index is 10.8. The summed E-state index contributed by atoms with van der Waals surface area (Å²) in [5.41, 5.74) is 1.14. The van der Waals surface area contributed by atoms with Gasteiger partial charge in [-0.1, -0.05) is 0 Å². The number of fused-ring (bicyclic) bond motifs is 1. The lowest BCUT2D eigenvalue weighted by Crippen LogP contribution is -1.89. The standard InChI is InChI=1S/C14H10N2O5/c1-20-9-3-5-13-10(7-9)15-14(21-13)8-2-4-12(17)11(6-8)16(18)19/h2-7,17H,1H3. The first-order chi connectivity index (χ1) is 10.1. The van der Waals surface area contributed by atoms with Gasteiger partial charge in [0.15, 0.2) is 11.3 Å². The van der Waals surface area contributed by atoms with E-state index in [1.54, 1.807) is 25.3 Å². The van der Waals surface area contributed by atoms with Crippen LogP contribution in [-0.2, 0) is 0 Å². The minimum absolute atomic E-state index is 0.237. The smallest absolute Gasteiger partial charge is 0.311 e. The highest BCUT2D eigenvalue weighted by atomic mass is 16.6. The SMILES string of the molecule is COc1ccc2oc(-c3ccc(O)c([N+](=O)[O-])c3)nc2c1. The van der Waals surface area contributed by atoms with Crippen LogP contribution in [0.4, 0.5) is 5.69 Å². The fourth-order valence-electron chi connectivity index (χ4n) is 1.96. The summed E-state index contributed by atoms with van der Waals surface area (Å²) >= 11 is 0. The third-order valence-electron chi connectivity index (χ3n) is 3.01. The fraction of sp³-hybridized carbons (Fsp3) is 0.0714. The Hall–Kier alpha value is -3.09. The number of hydrogen-bond acceptors (Lipinski definition) is 6. The van der Waals surface area contributed by atoms with Crippen LogP contribution in [0.1, 0.15) is 0 Å². The Morgan fingerprint density at radius 1 is 1.29 bits per heavy atom. The molecule has 21 heavy (non-hydrogen) atoms. The van der Waals surface area contributed by atoms with Gasteiger partial charge in [0.2, 0.25) is 5.89 Å². The highest BCUT2D eigenvalue weighted by Gasteiger charge is 2.17. The lowest BCUT2D eigenvalue weighted by Gasteiger charge is -1.98. The largest absolute Gasteiger partial charge is 0.502 e. The molecule has 3 rings (SSSR count). The van der Waals surface area contributed by atoms with Gasteiger partial charge in [0.05, 0.1) is 12.0 Å². The molecular formula is C14H10N2O5. The first-order valence-corrected chi connectivity index (χ1v) is 6.01.